The van der Waals surface area contributed by atoms with E-state index >= 15 is 0 Å². The van der Waals surface area contributed by atoms with Gasteiger partial charge in [-0.3, -0.25) is 0 Å². The Balaban J connectivity index is 3.05. The van der Waals surface area contributed by atoms with Crippen molar-refractivity contribution < 1.29 is 22.3 Å². The maximum absolute atomic E-state index is 13.0. The number of hydrogen-bond acceptors (Lipinski definition) is 2. The van der Waals surface area contributed by atoms with Gasteiger partial charge in [0.25, 0.3) is 0 Å². The van der Waals surface area contributed by atoms with Crippen LogP contribution in [0.5, 0.6) is 5.75 Å². The number of hydrogen-bond donors (Lipinski definition) is 1. The van der Waals surface area contributed by atoms with Crippen LogP contribution >= 0.6 is 15.9 Å². The smallest absolute Gasteiger partial charge is 0.403 e. The van der Waals surface area contributed by atoms with Crippen LogP contribution in [0.1, 0.15) is 5.56 Å². The second-order valence-electron chi connectivity index (χ2n) is 2.66. The highest BCUT2D eigenvalue weighted by atomic mass is 79.9. The van der Waals surface area contributed by atoms with Gasteiger partial charge in [-0.25, -0.2) is 4.39 Å². The molecule has 0 unspecified atom stereocenters. The van der Waals surface area contributed by atoms with Crippen molar-refractivity contribution in [1.82, 2.24) is 0 Å². The molecular weight excluding hydrogens is 282 g/mol. The van der Waals surface area contributed by atoms with E-state index < -0.39 is 17.9 Å². The average Bonchev–Trinajstić information content (AvgIpc) is 2.08. The van der Waals surface area contributed by atoms with Crippen molar-refractivity contribution in [3.05, 3.63) is 23.5 Å². The van der Waals surface area contributed by atoms with Crippen molar-refractivity contribution in [3.63, 3.8) is 0 Å². The summed E-state index contributed by atoms with van der Waals surface area (Å²) in [5, 5.41) is 0.252. The summed E-state index contributed by atoms with van der Waals surface area (Å²) in [5.41, 5.74) is 5.77. The first kappa shape index (κ1) is 12.1. The number of nitrogen functional groups attached to an aromatic ring is 1. The molecule has 1 rings (SSSR count). The summed E-state index contributed by atoms with van der Waals surface area (Å²) in [7, 11) is 0. The predicted molar refractivity (Wildman–Crippen MR) is 50.1 cm³/mol. The molecule has 0 aliphatic rings. The van der Waals surface area contributed by atoms with Gasteiger partial charge in [-0.15, -0.1) is 13.2 Å². The van der Waals surface area contributed by atoms with Crippen molar-refractivity contribution in [2.75, 3.05) is 5.73 Å². The van der Waals surface area contributed by atoms with Crippen molar-refractivity contribution in [2.45, 2.75) is 11.7 Å². The van der Waals surface area contributed by atoms with E-state index in [4.69, 9.17) is 5.73 Å². The fourth-order valence-electron chi connectivity index (χ4n) is 0.929. The van der Waals surface area contributed by atoms with E-state index in [9.17, 15) is 17.6 Å². The second kappa shape index (κ2) is 4.26. The molecule has 0 aromatic heterocycles. The van der Waals surface area contributed by atoms with Crippen LogP contribution in [0.15, 0.2) is 12.1 Å². The molecule has 0 amide bonds. The number of rotatable bonds is 2. The van der Waals surface area contributed by atoms with Crippen molar-refractivity contribution in [2.24, 2.45) is 0 Å². The zero-order chi connectivity index (χ0) is 11.6. The summed E-state index contributed by atoms with van der Waals surface area (Å²) in [5.74, 6) is -2.03. The summed E-state index contributed by atoms with van der Waals surface area (Å²) >= 11 is 3.02. The van der Waals surface area contributed by atoms with Gasteiger partial charge in [0.1, 0.15) is 0 Å². The Kier molecular flexibility index (Phi) is 3.43. The van der Waals surface area contributed by atoms with Gasteiger partial charge < -0.3 is 10.5 Å². The van der Waals surface area contributed by atoms with E-state index in [2.05, 4.69) is 20.7 Å². The molecule has 84 valence electrons. The molecule has 1 aromatic carbocycles. The summed E-state index contributed by atoms with van der Waals surface area (Å²) in [6, 6.07) is 1.70. The minimum absolute atomic E-state index is 0.0347. The fraction of sp³-hybridized carbons (Fsp3) is 0.250. The van der Waals surface area contributed by atoms with Crippen LogP contribution in [0.3, 0.4) is 0 Å². The Bertz CT molecular complexity index is 366. The molecule has 0 saturated carbocycles. The molecule has 0 aliphatic carbocycles. The number of alkyl halides is 4. The Morgan fingerprint density at radius 1 is 1.33 bits per heavy atom. The molecule has 0 bridgehead atoms. The maximum Gasteiger partial charge on any atom is 0.573 e. The van der Waals surface area contributed by atoms with E-state index in [1.165, 1.54) is 0 Å². The van der Waals surface area contributed by atoms with Gasteiger partial charge >= 0.3 is 6.36 Å². The van der Waals surface area contributed by atoms with Crippen LogP contribution in [-0.4, -0.2) is 6.36 Å². The van der Waals surface area contributed by atoms with Crippen LogP contribution in [0, 0.1) is 5.82 Å². The van der Waals surface area contributed by atoms with E-state index in [1.807, 2.05) is 0 Å². The highest BCUT2D eigenvalue weighted by molar-refractivity contribution is 9.08. The molecule has 0 radical (unpaired) electrons. The number of anilines is 1. The molecule has 2 N–H and O–H groups in total. The summed E-state index contributed by atoms with van der Waals surface area (Å²) in [4.78, 5) is 0. The highest BCUT2D eigenvalue weighted by Gasteiger charge is 2.32. The maximum atomic E-state index is 13.0. The monoisotopic (exact) mass is 287 g/mol. The minimum Gasteiger partial charge on any atom is -0.403 e. The van der Waals surface area contributed by atoms with E-state index in [0.717, 1.165) is 12.1 Å². The lowest BCUT2D eigenvalue weighted by Gasteiger charge is -2.11. The molecule has 0 atom stereocenters. The number of nitrogens with two attached hydrogens (primary N) is 1. The molecule has 0 saturated heterocycles. The SMILES string of the molecule is Nc1cc(OC(F)(F)F)c(F)cc1CBr. The van der Waals surface area contributed by atoms with Crippen molar-refractivity contribution >= 4 is 21.6 Å². The minimum atomic E-state index is -4.93. The second-order valence-corrected chi connectivity index (χ2v) is 3.22. The van der Waals surface area contributed by atoms with Gasteiger partial charge in [0, 0.05) is 17.1 Å². The molecule has 0 spiro atoms. The third-order valence-electron chi connectivity index (χ3n) is 1.56. The van der Waals surface area contributed by atoms with Gasteiger partial charge in [-0.05, 0) is 11.6 Å². The van der Waals surface area contributed by atoms with Gasteiger partial charge in [0.2, 0.25) is 0 Å². The van der Waals surface area contributed by atoms with Crippen molar-refractivity contribution in [3.8, 4) is 5.75 Å². The molecule has 0 aliphatic heterocycles. The molecule has 1 aromatic rings. The van der Waals surface area contributed by atoms with Crippen LogP contribution in [0.2, 0.25) is 0 Å². The molecule has 2 nitrogen and oxygen atoms in total. The first-order valence-corrected chi connectivity index (χ1v) is 4.85. The standard InChI is InChI=1S/C8H6BrF4NO/c9-3-4-1-5(10)7(2-6(4)14)15-8(11,12)13/h1-2H,3,14H2. The Hall–Kier alpha value is -0.980. The zero-order valence-electron chi connectivity index (χ0n) is 7.24. The average molecular weight is 288 g/mol. The predicted octanol–water partition coefficient (Wildman–Crippen LogP) is 3.20. The number of benzene rings is 1. The highest BCUT2D eigenvalue weighted by Crippen LogP contribution is 2.30. The van der Waals surface area contributed by atoms with Gasteiger partial charge in [-0.2, -0.15) is 0 Å². The van der Waals surface area contributed by atoms with Crippen LogP contribution in [0.4, 0.5) is 23.2 Å². The first-order valence-electron chi connectivity index (χ1n) is 3.73. The fourth-order valence-corrected chi connectivity index (χ4v) is 1.41. The number of ether oxygens (including phenoxy) is 1. The molecule has 0 heterocycles. The van der Waals surface area contributed by atoms with E-state index in [0.29, 0.717) is 5.56 Å². The lowest BCUT2D eigenvalue weighted by molar-refractivity contribution is -0.275. The van der Waals surface area contributed by atoms with Crippen molar-refractivity contribution in [1.29, 1.82) is 0 Å². The van der Waals surface area contributed by atoms with Crippen LogP contribution < -0.4 is 10.5 Å². The lowest BCUT2D eigenvalue weighted by atomic mass is 10.2. The van der Waals surface area contributed by atoms with Gasteiger partial charge in [0.05, 0.1) is 0 Å². The Morgan fingerprint density at radius 2 is 1.93 bits per heavy atom. The largest absolute Gasteiger partial charge is 0.573 e. The van der Waals surface area contributed by atoms with Crippen LogP contribution in [0.25, 0.3) is 0 Å². The Labute approximate surface area is 91.1 Å². The topological polar surface area (TPSA) is 35.2 Å². The summed E-state index contributed by atoms with van der Waals surface area (Å²) in [6.07, 6.45) is -4.93. The van der Waals surface area contributed by atoms with E-state index in [-0.39, 0.29) is 11.0 Å². The summed E-state index contributed by atoms with van der Waals surface area (Å²) in [6.45, 7) is 0. The normalized spacial score (nSPS) is 11.5. The molecular formula is C8H6BrF4NO. The third-order valence-corrected chi connectivity index (χ3v) is 2.17. The Morgan fingerprint density at radius 3 is 2.40 bits per heavy atom. The quantitative estimate of drug-likeness (QED) is 0.515. The third kappa shape index (κ3) is 3.26. The first-order chi connectivity index (χ1) is 6.83. The molecule has 7 heteroatoms. The number of halogens is 5. The van der Waals surface area contributed by atoms with Gasteiger partial charge in [-0.1, -0.05) is 15.9 Å². The zero-order valence-corrected chi connectivity index (χ0v) is 8.82. The van der Waals surface area contributed by atoms with Crippen LogP contribution in [-0.2, 0) is 5.33 Å². The van der Waals surface area contributed by atoms with E-state index in [1.54, 1.807) is 0 Å². The molecule has 15 heavy (non-hydrogen) atoms. The summed E-state index contributed by atoms with van der Waals surface area (Å²) < 4.78 is 51.9. The molecule has 0 fully saturated rings. The lowest BCUT2D eigenvalue weighted by Crippen LogP contribution is -2.18. The van der Waals surface area contributed by atoms with Gasteiger partial charge in [0.15, 0.2) is 11.6 Å².